The van der Waals surface area contributed by atoms with Gasteiger partial charge in [0.1, 0.15) is 0 Å². The highest BCUT2D eigenvalue weighted by molar-refractivity contribution is 5.93. The first-order valence-corrected chi connectivity index (χ1v) is 6.61. The zero-order valence-electron chi connectivity index (χ0n) is 11.8. The predicted molar refractivity (Wildman–Crippen MR) is 81.2 cm³/mol. The number of carbonyl (C=O) groups excluding carboxylic acids is 1. The van der Waals surface area contributed by atoms with Gasteiger partial charge in [-0.1, -0.05) is 30.3 Å². The molecule has 1 aromatic rings. The summed E-state index contributed by atoms with van der Waals surface area (Å²) < 4.78 is 0. The summed E-state index contributed by atoms with van der Waals surface area (Å²) in [5, 5.41) is 11.4. The van der Waals surface area contributed by atoms with Crippen molar-refractivity contribution in [3.63, 3.8) is 0 Å². The van der Waals surface area contributed by atoms with E-state index in [-0.39, 0.29) is 5.54 Å². The molecule has 1 aliphatic rings. The maximum atomic E-state index is 11.2. The Kier molecular flexibility index (Phi) is 4.49. The number of carbonyl (C=O) groups is 1. The fourth-order valence-electron chi connectivity index (χ4n) is 1.97. The van der Waals surface area contributed by atoms with Gasteiger partial charge in [0.25, 0.3) is 5.91 Å². The molecule has 0 aliphatic heterocycles. The number of nitrogens with one attached hydrogen (secondary N) is 2. The molecule has 0 bridgehead atoms. The molecule has 0 spiro atoms. The van der Waals surface area contributed by atoms with Crippen LogP contribution in [0, 0.1) is 0 Å². The number of rotatable bonds is 4. The van der Waals surface area contributed by atoms with Crippen LogP contribution in [0.3, 0.4) is 0 Å². The lowest BCUT2D eigenvalue weighted by Crippen LogP contribution is -2.23. The molecule has 0 saturated heterocycles. The van der Waals surface area contributed by atoms with E-state index in [0.29, 0.717) is 11.5 Å². The second kappa shape index (κ2) is 6.32. The van der Waals surface area contributed by atoms with Gasteiger partial charge in [0.15, 0.2) is 0 Å². The van der Waals surface area contributed by atoms with Crippen LogP contribution in [0.5, 0.6) is 0 Å². The summed E-state index contributed by atoms with van der Waals surface area (Å²) >= 11 is 0. The van der Waals surface area contributed by atoms with Gasteiger partial charge in [0.05, 0.1) is 5.54 Å². The fraction of sp³-hybridized carbons (Fsp3) is 0.267. The molecule has 0 heterocycles. The van der Waals surface area contributed by atoms with E-state index in [1.807, 2.05) is 30.3 Å². The van der Waals surface area contributed by atoms with Crippen LogP contribution in [0.1, 0.15) is 25.3 Å². The lowest BCUT2D eigenvalue weighted by atomic mass is 10.1. The molecule has 1 saturated carbocycles. The van der Waals surface area contributed by atoms with E-state index in [1.165, 1.54) is 6.20 Å². The molecule has 6 nitrogen and oxygen atoms in total. The molecule has 1 fully saturated rings. The van der Waals surface area contributed by atoms with E-state index in [2.05, 4.69) is 22.0 Å². The van der Waals surface area contributed by atoms with E-state index in [9.17, 15) is 4.79 Å². The number of hydroxylamine groups is 1. The van der Waals surface area contributed by atoms with Crippen LogP contribution in [0.25, 0.3) is 0 Å². The van der Waals surface area contributed by atoms with Gasteiger partial charge in [0.2, 0.25) is 5.96 Å². The highest BCUT2D eigenvalue weighted by Crippen LogP contribution is 2.49. The van der Waals surface area contributed by atoms with Crippen LogP contribution in [-0.2, 0) is 10.3 Å². The van der Waals surface area contributed by atoms with Crippen LogP contribution in [0.15, 0.2) is 52.1 Å². The predicted octanol–water partition coefficient (Wildman–Crippen LogP) is 1.73. The van der Waals surface area contributed by atoms with Crippen LogP contribution in [-0.4, -0.2) is 23.8 Å². The molecule has 110 valence electrons. The lowest BCUT2D eigenvalue weighted by Gasteiger charge is -2.12. The standard InChI is InChI=1S/C15H18N4O2/c1-11(13(20)19-21)10-17-14(16-2)18-15(8-9-15)12-6-4-3-5-7-12/h3-7,10,21H,2,8-9H2,1H3,(H,17,18)(H,19,20)/b11-10+. The van der Waals surface area contributed by atoms with Crippen molar-refractivity contribution >= 4 is 18.6 Å². The van der Waals surface area contributed by atoms with Gasteiger partial charge in [-0.25, -0.2) is 15.5 Å². The van der Waals surface area contributed by atoms with Gasteiger partial charge in [-0.3, -0.25) is 10.0 Å². The molecule has 3 N–H and O–H groups in total. The van der Waals surface area contributed by atoms with Crippen LogP contribution >= 0.6 is 0 Å². The van der Waals surface area contributed by atoms with Crippen molar-refractivity contribution in [1.82, 2.24) is 10.8 Å². The van der Waals surface area contributed by atoms with Gasteiger partial charge in [-0.2, -0.15) is 0 Å². The molecular weight excluding hydrogens is 268 g/mol. The number of hydrogen-bond donors (Lipinski definition) is 3. The summed E-state index contributed by atoms with van der Waals surface area (Å²) in [6.07, 6.45) is 3.34. The third kappa shape index (κ3) is 3.55. The van der Waals surface area contributed by atoms with Crippen molar-refractivity contribution in [2.75, 3.05) is 0 Å². The second-order valence-electron chi connectivity index (χ2n) is 4.90. The van der Waals surface area contributed by atoms with Crippen LogP contribution in [0.4, 0.5) is 0 Å². The maximum Gasteiger partial charge on any atom is 0.271 e. The van der Waals surface area contributed by atoms with E-state index in [0.717, 1.165) is 18.4 Å². The summed E-state index contributed by atoms with van der Waals surface area (Å²) in [6, 6.07) is 10.0. The zero-order chi connectivity index (χ0) is 15.3. The van der Waals surface area contributed by atoms with Crippen LogP contribution in [0.2, 0.25) is 0 Å². The van der Waals surface area contributed by atoms with Crippen molar-refractivity contribution < 1.29 is 10.0 Å². The Morgan fingerprint density at radius 2 is 2.05 bits per heavy atom. The van der Waals surface area contributed by atoms with Crippen molar-refractivity contribution in [2.24, 2.45) is 9.98 Å². The molecule has 6 heteroatoms. The summed E-state index contributed by atoms with van der Waals surface area (Å²) in [6.45, 7) is 5.05. The molecule has 1 aromatic carbocycles. The Balaban J connectivity index is 2.15. The Morgan fingerprint density at radius 3 is 2.57 bits per heavy atom. The van der Waals surface area contributed by atoms with E-state index in [4.69, 9.17) is 5.21 Å². The summed E-state index contributed by atoms with van der Waals surface area (Å²) in [4.78, 5) is 19.6. The van der Waals surface area contributed by atoms with E-state index >= 15 is 0 Å². The number of amides is 1. The third-order valence-electron chi connectivity index (χ3n) is 3.38. The quantitative estimate of drug-likeness (QED) is 0.259. The normalized spacial score (nSPS) is 17.0. The minimum absolute atomic E-state index is 0.244. The van der Waals surface area contributed by atoms with Gasteiger partial charge in [-0.05, 0) is 32.0 Å². The van der Waals surface area contributed by atoms with Gasteiger partial charge in [0, 0.05) is 11.8 Å². The first kappa shape index (κ1) is 14.9. The van der Waals surface area contributed by atoms with Crippen molar-refractivity contribution in [3.05, 3.63) is 47.7 Å². The largest absolute Gasteiger partial charge is 0.331 e. The minimum atomic E-state index is -0.588. The third-order valence-corrected chi connectivity index (χ3v) is 3.38. The van der Waals surface area contributed by atoms with Gasteiger partial charge in [-0.15, -0.1) is 0 Å². The Bertz CT molecular complexity index is 589. The van der Waals surface area contributed by atoms with Crippen molar-refractivity contribution in [3.8, 4) is 0 Å². The molecular formula is C15H18N4O2. The lowest BCUT2D eigenvalue weighted by molar-refractivity contribution is -0.125. The van der Waals surface area contributed by atoms with Crippen molar-refractivity contribution in [2.45, 2.75) is 25.3 Å². The topological polar surface area (TPSA) is 86.1 Å². The van der Waals surface area contributed by atoms with Gasteiger partial charge < -0.3 is 5.32 Å². The molecule has 1 aliphatic carbocycles. The molecule has 0 unspecified atom stereocenters. The number of aliphatic imine (C=N–C) groups is 2. The first-order valence-electron chi connectivity index (χ1n) is 6.61. The monoisotopic (exact) mass is 286 g/mol. The van der Waals surface area contributed by atoms with E-state index < -0.39 is 5.91 Å². The number of guanidine groups is 1. The van der Waals surface area contributed by atoms with Gasteiger partial charge >= 0.3 is 0 Å². The number of hydrogen-bond acceptors (Lipinski definition) is 3. The summed E-state index contributed by atoms with van der Waals surface area (Å²) in [5.41, 5.74) is 2.76. The average Bonchev–Trinajstić information content (AvgIpc) is 3.32. The number of nitrogens with zero attached hydrogens (tertiary/aromatic N) is 2. The number of benzene rings is 1. The molecule has 0 atom stereocenters. The highest BCUT2D eigenvalue weighted by Gasteiger charge is 2.44. The SMILES string of the molecule is C=NC(=NC1(c2ccccc2)CC1)N/C=C(\C)C(=O)NO. The summed E-state index contributed by atoms with van der Waals surface area (Å²) in [5.74, 6) is -0.239. The smallest absolute Gasteiger partial charge is 0.271 e. The van der Waals surface area contributed by atoms with E-state index in [1.54, 1.807) is 12.4 Å². The van der Waals surface area contributed by atoms with Crippen LogP contribution < -0.4 is 10.8 Å². The molecule has 1 amide bonds. The maximum absolute atomic E-state index is 11.2. The first-order chi connectivity index (χ1) is 10.1. The zero-order valence-corrected chi connectivity index (χ0v) is 11.8. The minimum Gasteiger partial charge on any atom is -0.331 e. The molecule has 2 rings (SSSR count). The molecule has 21 heavy (non-hydrogen) atoms. The Hall–Kier alpha value is -2.47. The molecule has 0 radical (unpaired) electrons. The van der Waals surface area contributed by atoms with Crippen molar-refractivity contribution in [1.29, 1.82) is 0 Å². The Labute approximate surface area is 123 Å². The molecule has 0 aromatic heterocycles. The summed E-state index contributed by atoms with van der Waals surface area (Å²) in [7, 11) is 0. The average molecular weight is 286 g/mol. The Morgan fingerprint density at radius 1 is 1.38 bits per heavy atom. The second-order valence-corrected chi connectivity index (χ2v) is 4.90. The highest BCUT2D eigenvalue weighted by atomic mass is 16.5. The fourth-order valence-corrected chi connectivity index (χ4v) is 1.97.